The zero-order valence-electron chi connectivity index (χ0n) is 14.9. The summed E-state index contributed by atoms with van der Waals surface area (Å²) in [6, 6.07) is 5.13. The minimum Gasteiger partial charge on any atom is -0.322 e. The zero-order chi connectivity index (χ0) is 19.7. The Balaban J connectivity index is 1.64. The summed E-state index contributed by atoms with van der Waals surface area (Å²) in [6.07, 6.45) is 13.3. The van der Waals surface area contributed by atoms with E-state index in [1.807, 2.05) is 6.08 Å². The van der Waals surface area contributed by atoms with E-state index in [4.69, 9.17) is 23.2 Å². The number of carbonyl (C=O) groups is 1. The second-order valence-corrected chi connectivity index (χ2v) is 7.50. The second-order valence-electron chi connectivity index (χ2n) is 6.69. The van der Waals surface area contributed by atoms with Gasteiger partial charge in [0.25, 0.3) is 5.91 Å². The van der Waals surface area contributed by atoms with Gasteiger partial charge in [-0.2, -0.15) is 0 Å². The number of nitrogens with one attached hydrogen (secondary N) is 1. The van der Waals surface area contributed by atoms with Gasteiger partial charge in [0.15, 0.2) is 0 Å². The van der Waals surface area contributed by atoms with Crippen LogP contribution in [0.4, 0.5) is 10.1 Å². The van der Waals surface area contributed by atoms with Gasteiger partial charge in [-0.25, -0.2) is 4.39 Å². The summed E-state index contributed by atoms with van der Waals surface area (Å²) >= 11 is 12.5. The lowest BCUT2D eigenvalue weighted by Gasteiger charge is -2.23. The molecule has 3 aliphatic rings. The molecule has 0 aromatic heterocycles. The van der Waals surface area contributed by atoms with Gasteiger partial charge < -0.3 is 5.32 Å². The normalized spacial score (nSPS) is 21.0. The number of rotatable bonds is 3. The van der Waals surface area contributed by atoms with Gasteiger partial charge in [0, 0.05) is 29.8 Å². The summed E-state index contributed by atoms with van der Waals surface area (Å²) in [7, 11) is 0. The Morgan fingerprint density at radius 2 is 2.07 bits per heavy atom. The summed E-state index contributed by atoms with van der Waals surface area (Å²) in [5, 5.41) is 3.39. The number of nitrogens with zero attached hydrogens (tertiary/aromatic N) is 1. The third-order valence-electron chi connectivity index (χ3n) is 4.85. The SMILES string of the molecule is O=C(Nc1ccc(Cl)c(C2=NC=CC3C=CCC=C23)c1)C1=C(F)CCC=C1Cl. The van der Waals surface area contributed by atoms with Crippen LogP contribution in [-0.2, 0) is 4.79 Å². The lowest BCUT2D eigenvalue weighted by atomic mass is 9.85. The monoisotopic (exact) mass is 414 g/mol. The quantitative estimate of drug-likeness (QED) is 0.584. The van der Waals surface area contributed by atoms with Crippen LogP contribution in [0.25, 0.3) is 0 Å². The maximum atomic E-state index is 14.1. The number of anilines is 1. The predicted octanol–water partition coefficient (Wildman–Crippen LogP) is 6.24. The minimum atomic E-state index is -0.574. The summed E-state index contributed by atoms with van der Waals surface area (Å²) in [5.41, 5.74) is 2.97. The van der Waals surface area contributed by atoms with Crippen LogP contribution in [0.3, 0.4) is 0 Å². The molecule has 2 aliphatic carbocycles. The van der Waals surface area contributed by atoms with E-state index in [2.05, 4.69) is 28.5 Å². The molecule has 1 N–H and O–H groups in total. The molecule has 1 aromatic carbocycles. The van der Waals surface area contributed by atoms with Gasteiger partial charge in [-0.3, -0.25) is 9.79 Å². The van der Waals surface area contributed by atoms with Gasteiger partial charge in [0.05, 0.1) is 21.3 Å². The van der Waals surface area contributed by atoms with Gasteiger partial charge in [0.1, 0.15) is 5.83 Å². The summed E-state index contributed by atoms with van der Waals surface area (Å²) in [6.45, 7) is 0. The molecule has 0 radical (unpaired) electrons. The molecule has 28 heavy (non-hydrogen) atoms. The van der Waals surface area contributed by atoms with Crippen molar-refractivity contribution in [3.8, 4) is 0 Å². The molecule has 0 bridgehead atoms. The number of benzene rings is 1. The number of amides is 1. The molecule has 1 atom stereocenters. The Hall–Kier alpha value is -2.43. The highest BCUT2D eigenvalue weighted by atomic mass is 35.5. The Labute approximate surface area is 172 Å². The summed E-state index contributed by atoms with van der Waals surface area (Å²) in [4.78, 5) is 17.1. The average molecular weight is 415 g/mol. The van der Waals surface area contributed by atoms with Crippen molar-refractivity contribution in [2.24, 2.45) is 10.9 Å². The van der Waals surface area contributed by atoms with Crippen molar-refractivity contribution in [3.63, 3.8) is 0 Å². The smallest absolute Gasteiger partial charge is 0.259 e. The molecule has 6 heteroatoms. The van der Waals surface area contributed by atoms with Gasteiger partial charge in [-0.1, -0.05) is 53.6 Å². The number of carbonyl (C=O) groups excluding carboxylic acids is 1. The fraction of sp³-hybridized carbons (Fsp3) is 0.182. The van der Waals surface area contributed by atoms with Crippen LogP contribution >= 0.6 is 23.2 Å². The highest BCUT2D eigenvalue weighted by molar-refractivity contribution is 6.37. The maximum Gasteiger partial charge on any atom is 0.259 e. The van der Waals surface area contributed by atoms with Crippen molar-refractivity contribution in [2.45, 2.75) is 19.3 Å². The molecular formula is C22H17Cl2FN2O. The summed E-state index contributed by atoms with van der Waals surface area (Å²) in [5.74, 6) is -0.904. The lowest BCUT2D eigenvalue weighted by molar-refractivity contribution is -0.112. The molecule has 1 unspecified atom stereocenters. The minimum absolute atomic E-state index is 0.109. The van der Waals surface area contributed by atoms with Crippen molar-refractivity contribution in [3.05, 3.63) is 87.4 Å². The van der Waals surface area contributed by atoms with E-state index in [0.29, 0.717) is 17.1 Å². The van der Waals surface area contributed by atoms with Crippen LogP contribution in [0, 0.1) is 5.92 Å². The highest BCUT2D eigenvalue weighted by Crippen LogP contribution is 2.33. The summed E-state index contributed by atoms with van der Waals surface area (Å²) < 4.78 is 14.1. The maximum absolute atomic E-state index is 14.1. The number of fused-ring (bicyclic) bond motifs is 1. The van der Waals surface area contributed by atoms with Crippen molar-refractivity contribution < 1.29 is 9.18 Å². The van der Waals surface area contributed by atoms with Crippen LogP contribution in [0.15, 0.2) is 81.8 Å². The molecule has 142 valence electrons. The molecule has 0 fully saturated rings. The lowest BCUT2D eigenvalue weighted by Crippen LogP contribution is -2.19. The average Bonchev–Trinajstić information content (AvgIpc) is 2.69. The van der Waals surface area contributed by atoms with Crippen molar-refractivity contribution in [1.29, 1.82) is 0 Å². The molecular weight excluding hydrogens is 398 g/mol. The number of halogens is 3. The fourth-order valence-electron chi connectivity index (χ4n) is 3.48. The topological polar surface area (TPSA) is 41.5 Å². The van der Waals surface area contributed by atoms with E-state index in [-0.39, 0.29) is 22.9 Å². The van der Waals surface area contributed by atoms with Crippen LogP contribution in [-0.4, -0.2) is 11.6 Å². The van der Waals surface area contributed by atoms with Crippen LogP contribution < -0.4 is 5.32 Å². The highest BCUT2D eigenvalue weighted by Gasteiger charge is 2.24. The molecule has 0 saturated heterocycles. The molecule has 0 saturated carbocycles. The van der Waals surface area contributed by atoms with Gasteiger partial charge >= 0.3 is 0 Å². The van der Waals surface area contributed by atoms with Gasteiger partial charge in [-0.15, -0.1) is 0 Å². The van der Waals surface area contributed by atoms with Gasteiger partial charge in [-0.05, 0) is 36.6 Å². The molecule has 1 aromatic rings. The van der Waals surface area contributed by atoms with E-state index < -0.39 is 11.7 Å². The first-order valence-corrected chi connectivity index (χ1v) is 9.77. The van der Waals surface area contributed by atoms with Crippen molar-refractivity contribution in [1.82, 2.24) is 0 Å². The number of hydrogen-bond donors (Lipinski definition) is 1. The first-order valence-electron chi connectivity index (χ1n) is 9.02. The molecule has 0 spiro atoms. The Morgan fingerprint density at radius 3 is 2.89 bits per heavy atom. The Morgan fingerprint density at radius 1 is 1.21 bits per heavy atom. The van der Waals surface area contributed by atoms with E-state index in [1.54, 1.807) is 30.5 Å². The van der Waals surface area contributed by atoms with Crippen molar-refractivity contribution >= 4 is 40.5 Å². The zero-order valence-corrected chi connectivity index (χ0v) is 16.4. The Kier molecular flexibility index (Phi) is 5.33. The van der Waals surface area contributed by atoms with E-state index in [1.165, 1.54) is 0 Å². The number of allylic oxidation sites excluding steroid dienone is 7. The van der Waals surface area contributed by atoms with Crippen molar-refractivity contribution in [2.75, 3.05) is 5.32 Å². The molecule has 3 nitrogen and oxygen atoms in total. The molecule has 4 rings (SSSR count). The predicted molar refractivity (Wildman–Crippen MR) is 112 cm³/mol. The first-order chi connectivity index (χ1) is 13.5. The van der Waals surface area contributed by atoms with E-state index in [0.717, 1.165) is 23.3 Å². The largest absolute Gasteiger partial charge is 0.322 e. The molecule has 1 heterocycles. The van der Waals surface area contributed by atoms with E-state index >= 15 is 0 Å². The Bertz CT molecular complexity index is 1030. The third-order valence-corrected chi connectivity index (χ3v) is 5.52. The second kappa shape index (κ2) is 7.90. The van der Waals surface area contributed by atoms with Crippen LogP contribution in [0.1, 0.15) is 24.8 Å². The number of hydrogen-bond acceptors (Lipinski definition) is 2. The number of aliphatic imine (C=N–C) groups is 1. The van der Waals surface area contributed by atoms with E-state index in [9.17, 15) is 9.18 Å². The van der Waals surface area contributed by atoms with Crippen LogP contribution in [0.5, 0.6) is 0 Å². The fourth-order valence-corrected chi connectivity index (χ4v) is 3.99. The first kappa shape index (κ1) is 18.9. The van der Waals surface area contributed by atoms with Gasteiger partial charge in [0.2, 0.25) is 0 Å². The third kappa shape index (κ3) is 3.62. The standard InChI is InChI=1S/C22H17Cl2FN2O/c23-17-9-8-14(27-22(28)20-18(24)6-3-7-19(20)25)12-16(17)21-15-5-2-1-4-13(15)10-11-26-21/h1,4-6,8-13H,2-3,7H2,(H,27,28). The van der Waals surface area contributed by atoms with Crippen LogP contribution in [0.2, 0.25) is 5.02 Å². The molecule has 1 amide bonds. The molecule has 1 aliphatic heterocycles.